The van der Waals surface area contributed by atoms with E-state index in [-0.39, 0.29) is 0 Å². The minimum atomic E-state index is 0.389. The summed E-state index contributed by atoms with van der Waals surface area (Å²) in [7, 11) is 0. The van der Waals surface area contributed by atoms with Crippen LogP contribution in [0.2, 0.25) is 0 Å². The maximum atomic E-state index is 6.14. The van der Waals surface area contributed by atoms with Crippen molar-refractivity contribution < 1.29 is 0 Å². The van der Waals surface area contributed by atoms with Gasteiger partial charge in [-0.05, 0) is 47.1 Å². The number of benzene rings is 2. The van der Waals surface area contributed by atoms with Gasteiger partial charge in [-0.1, -0.05) is 42.8 Å². The predicted molar refractivity (Wildman–Crippen MR) is 88.1 cm³/mol. The Morgan fingerprint density at radius 2 is 1.71 bits per heavy atom. The molecular weight excluding hydrogens is 256 g/mol. The van der Waals surface area contributed by atoms with Crippen LogP contribution >= 0.6 is 0 Å². The zero-order valence-electron chi connectivity index (χ0n) is 12.5. The molecule has 1 aliphatic carbocycles. The first-order valence-corrected chi connectivity index (χ1v) is 8.28. The van der Waals surface area contributed by atoms with E-state index in [0.29, 0.717) is 6.04 Å². The Morgan fingerprint density at radius 1 is 1.00 bits per heavy atom. The standard InChI is InChI=1S/C19H24N2/c20-11-19(21-12-17-6-3-7-18(17)13-21)16-9-8-14-4-1-2-5-15(14)10-16/h1-2,4-5,8-10,17-19H,3,6-7,11-13,20H2. The summed E-state index contributed by atoms with van der Waals surface area (Å²) in [5, 5.41) is 2.64. The third kappa shape index (κ3) is 2.37. The van der Waals surface area contributed by atoms with Crippen molar-refractivity contribution in [3.63, 3.8) is 0 Å². The number of fused-ring (bicyclic) bond motifs is 2. The van der Waals surface area contributed by atoms with Crippen LogP contribution in [-0.4, -0.2) is 24.5 Å². The van der Waals surface area contributed by atoms with Gasteiger partial charge in [-0.15, -0.1) is 0 Å². The molecule has 1 saturated carbocycles. The van der Waals surface area contributed by atoms with Gasteiger partial charge in [0.25, 0.3) is 0 Å². The minimum absolute atomic E-state index is 0.389. The molecule has 2 N–H and O–H groups in total. The second-order valence-electron chi connectivity index (χ2n) is 6.76. The molecule has 2 aromatic rings. The van der Waals surface area contributed by atoms with Crippen LogP contribution in [0.25, 0.3) is 10.8 Å². The molecule has 0 bridgehead atoms. The highest BCUT2D eigenvalue weighted by Crippen LogP contribution is 2.40. The number of nitrogens with zero attached hydrogens (tertiary/aromatic N) is 1. The van der Waals surface area contributed by atoms with Crippen molar-refractivity contribution >= 4 is 10.8 Å². The van der Waals surface area contributed by atoms with E-state index in [1.807, 2.05) is 0 Å². The summed E-state index contributed by atoms with van der Waals surface area (Å²) in [6, 6.07) is 15.8. The van der Waals surface area contributed by atoms with Crippen LogP contribution in [-0.2, 0) is 0 Å². The number of hydrogen-bond acceptors (Lipinski definition) is 2. The minimum Gasteiger partial charge on any atom is -0.329 e. The Balaban J connectivity index is 1.62. The van der Waals surface area contributed by atoms with E-state index in [1.54, 1.807) is 0 Å². The van der Waals surface area contributed by atoms with Crippen molar-refractivity contribution in [3.05, 3.63) is 48.0 Å². The Kier molecular flexibility index (Phi) is 3.44. The molecule has 4 rings (SSSR count). The Morgan fingerprint density at radius 3 is 2.43 bits per heavy atom. The molecule has 1 aliphatic heterocycles. The van der Waals surface area contributed by atoms with Crippen LogP contribution in [0, 0.1) is 11.8 Å². The molecule has 2 nitrogen and oxygen atoms in total. The average molecular weight is 280 g/mol. The van der Waals surface area contributed by atoms with Gasteiger partial charge in [-0.25, -0.2) is 0 Å². The van der Waals surface area contributed by atoms with Crippen molar-refractivity contribution in [1.29, 1.82) is 0 Å². The van der Waals surface area contributed by atoms with Gasteiger partial charge in [0.05, 0.1) is 0 Å². The van der Waals surface area contributed by atoms with E-state index in [4.69, 9.17) is 5.73 Å². The molecule has 0 aromatic heterocycles. The third-order valence-corrected chi connectivity index (χ3v) is 5.58. The van der Waals surface area contributed by atoms with Crippen molar-refractivity contribution in [3.8, 4) is 0 Å². The van der Waals surface area contributed by atoms with Gasteiger partial charge in [-0.2, -0.15) is 0 Å². The smallest absolute Gasteiger partial charge is 0.0470 e. The van der Waals surface area contributed by atoms with Crippen molar-refractivity contribution in [2.24, 2.45) is 17.6 Å². The average Bonchev–Trinajstić information content (AvgIpc) is 3.09. The summed E-state index contributed by atoms with van der Waals surface area (Å²) in [4.78, 5) is 2.64. The molecule has 1 heterocycles. The van der Waals surface area contributed by atoms with Crippen molar-refractivity contribution in [2.45, 2.75) is 25.3 Å². The number of likely N-dealkylation sites (tertiary alicyclic amines) is 1. The fraction of sp³-hybridized carbons (Fsp3) is 0.474. The first-order valence-electron chi connectivity index (χ1n) is 8.28. The van der Waals surface area contributed by atoms with Crippen LogP contribution in [0.3, 0.4) is 0 Å². The molecule has 2 fully saturated rings. The molecule has 3 atom stereocenters. The molecule has 3 unspecified atom stereocenters. The molecule has 0 amide bonds. The lowest BCUT2D eigenvalue weighted by atomic mass is 10.0. The summed E-state index contributed by atoms with van der Waals surface area (Å²) in [6.45, 7) is 3.22. The SMILES string of the molecule is NCC(c1ccc2ccccc2c1)N1CC2CCCC2C1. The first kappa shape index (κ1) is 13.3. The van der Waals surface area contributed by atoms with Gasteiger partial charge >= 0.3 is 0 Å². The van der Waals surface area contributed by atoms with Gasteiger partial charge in [-0.3, -0.25) is 4.90 Å². The second-order valence-corrected chi connectivity index (χ2v) is 6.76. The molecule has 1 saturated heterocycles. The normalized spacial score (nSPS) is 27.1. The summed E-state index contributed by atoms with van der Waals surface area (Å²) < 4.78 is 0. The predicted octanol–water partition coefficient (Wildman–Crippen LogP) is 3.57. The van der Waals surface area contributed by atoms with Crippen molar-refractivity contribution in [2.75, 3.05) is 19.6 Å². The highest BCUT2D eigenvalue weighted by Gasteiger charge is 2.38. The maximum Gasteiger partial charge on any atom is 0.0470 e. The summed E-state index contributed by atoms with van der Waals surface area (Å²) in [5.74, 6) is 1.86. The molecular formula is C19H24N2. The molecule has 2 aromatic carbocycles. The van der Waals surface area contributed by atoms with Gasteiger partial charge in [0.2, 0.25) is 0 Å². The van der Waals surface area contributed by atoms with E-state index in [1.165, 1.54) is 48.7 Å². The number of rotatable bonds is 3. The quantitative estimate of drug-likeness (QED) is 0.931. The lowest BCUT2D eigenvalue weighted by Crippen LogP contribution is -2.32. The largest absolute Gasteiger partial charge is 0.329 e. The van der Waals surface area contributed by atoms with E-state index < -0.39 is 0 Å². The summed E-state index contributed by atoms with van der Waals surface area (Å²) in [6.07, 6.45) is 4.29. The second kappa shape index (κ2) is 5.43. The topological polar surface area (TPSA) is 29.3 Å². The van der Waals surface area contributed by atoms with Gasteiger partial charge in [0.15, 0.2) is 0 Å². The van der Waals surface area contributed by atoms with Crippen LogP contribution in [0.5, 0.6) is 0 Å². The Labute approximate surface area is 126 Å². The highest BCUT2D eigenvalue weighted by molar-refractivity contribution is 5.83. The molecule has 2 heteroatoms. The summed E-state index contributed by atoms with van der Waals surface area (Å²) in [5.41, 5.74) is 7.52. The van der Waals surface area contributed by atoms with Crippen molar-refractivity contribution in [1.82, 2.24) is 4.90 Å². The van der Waals surface area contributed by atoms with Crippen LogP contribution in [0.1, 0.15) is 30.9 Å². The monoisotopic (exact) mass is 280 g/mol. The lowest BCUT2D eigenvalue weighted by Gasteiger charge is -2.28. The first-order chi connectivity index (χ1) is 10.3. The van der Waals surface area contributed by atoms with Crippen LogP contribution < -0.4 is 5.73 Å². The van der Waals surface area contributed by atoms with E-state index >= 15 is 0 Å². The fourth-order valence-electron chi connectivity index (χ4n) is 4.44. The number of hydrogen-bond donors (Lipinski definition) is 1. The molecule has 21 heavy (non-hydrogen) atoms. The molecule has 0 spiro atoms. The fourth-order valence-corrected chi connectivity index (χ4v) is 4.44. The Hall–Kier alpha value is -1.38. The third-order valence-electron chi connectivity index (χ3n) is 5.58. The van der Waals surface area contributed by atoms with Gasteiger partial charge < -0.3 is 5.73 Å². The lowest BCUT2D eigenvalue weighted by molar-refractivity contribution is 0.232. The van der Waals surface area contributed by atoms with E-state index in [0.717, 1.165) is 18.4 Å². The highest BCUT2D eigenvalue weighted by atomic mass is 15.2. The van der Waals surface area contributed by atoms with E-state index in [2.05, 4.69) is 47.4 Å². The molecule has 110 valence electrons. The zero-order valence-corrected chi connectivity index (χ0v) is 12.5. The van der Waals surface area contributed by atoms with Crippen LogP contribution in [0.15, 0.2) is 42.5 Å². The summed E-state index contributed by atoms with van der Waals surface area (Å²) >= 11 is 0. The van der Waals surface area contributed by atoms with Gasteiger partial charge in [0, 0.05) is 25.7 Å². The zero-order chi connectivity index (χ0) is 14.2. The van der Waals surface area contributed by atoms with E-state index in [9.17, 15) is 0 Å². The number of nitrogens with two attached hydrogens (primary N) is 1. The Bertz CT molecular complexity index is 624. The molecule has 0 radical (unpaired) electrons. The maximum absolute atomic E-state index is 6.14. The van der Waals surface area contributed by atoms with Gasteiger partial charge in [0.1, 0.15) is 0 Å². The van der Waals surface area contributed by atoms with Crippen LogP contribution in [0.4, 0.5) is 0 Å². The molecule has 2 aliphatic rings.